The summed E-state index contributed by atoms with van der Waals surface area (Å²) in [5.74, 6) is 2.03. The molecule has 7 rings (SSSR count). The van der Waals surface area contributed by atoms with Gasteiger partial charge in [-0.05, 0) is 0 Å². The SMILES string of the molecule is c1ccc(-c2nc(-c3ccccc3)nc(-c3cccc(-c4ccc5c(c4)[te]c4ccccc45)c3)n2)cc1. The van der Waals surface area contributed by atoms with E-state index in [2.05, 4.69) is 66.7 Å². The Balaban J connectivity index is 1.35. The molecule has 2 heterocycles. The number of rotatable bonds is 4. The summed E-state index contributed by atoms with van der Waals surface area (Å²) in [7, 11) is 0. The van der Waals surface area contributed by atoms with Gasteiger partial charge in [0.2, 0.25) is 0 Å². The van der Waals surface area contributed by atoms with Crippen molar-refractivity contribution in [1.82, 2.24) is 15.0 Å². The van der Waals surface area contributed by atoms with Gasteiger partial charge in [0.25, 0.3) is 0 Å². The van der Waals surface area contributed by atoms with Gasteiger partial charge in [0.15, 0.2) is 0 Å². The first-order valence-corrected chi connectivity index (χ1v) is 14.5. The van der Waals surface area contributed by atoms with Crippen molar-refractivity contribution in [1.29, 1.82) is 0 Å². The quantitative estimate of drug-likeness (QED) is 0.197. The van der Waals surface area contributed by atoms with E-state index in [0.717, 1.165) is 16.7 Å². The van der Waals surface area contributed by atoms with Gasteiger partial charge in [0, 0.05) is 0 Å². The molecule has 7 aromatic rings. The summed E-state index contributed by atoms with van der Waals surface area (Å²) in [5.41, 5.74) is 5.34. The molecule has 0 saturated carbocycles. The van der Waals surface area contributed by atoms with Gasteiger partial charge in [0.05, 0.1) is 0 Å². The molecule has 0 radical (unpaired) electrons. The molecule has 0 amide bonds. The molecular formula is C33H21N3Te. The number of benzene rings is 5. The Morgan fingerprint density at radius 2 is 0.865 bits per heavy atom. The number of nitrogens with zero attached hydrogens (tertiary/aromatic N) is 3. The van der Waals surface area contributed by atoms with E-state index in [0.29, 0.717) is 17.5 Å². The van der Waals surface area contributed by atoms with Crippen LogP contribution in [0.1, 0.15) is 0 Å². The van der Waals surface area contributed by atoms with Crippen LogP contribution >= 0.6 is 0 Å². The summed E-state index contributed by atoms with van der Waals surface area (Å²) in [6.07, 6.45) is 0. The van der Waals surface area contributed by atoms with Crippen LogP contribution in [0.25, 0.3) is 62.9 Å². The average molecular weight is 587 g/mol. The standard InChI is InChI=1S/C33H21N3Te/c1-3-10-22(11-4-1)31-34-32(23-12-5-2-6-13-23)36-33(35-31)26-15-9-14-24(20-26)25-18-19-28-27-16-7-8-17-29(27)37-30(28)21-25/h1-21H. The summed E-state index contributed by atoms with van der Waals surface area (Å²) in [6.45, 7) is 0. The van der Waals surface area contributed by atoms with E-state index >= 15 is 0 Å². The summed E-state index contributed by atoms with van der Waals surface area (Å²) >= 11 is -0.359. The van der Waals surface area contributed by atoms with E-state index in [-0.39, 0.29) is 20.4 Å². The van der Waals surface area contributed by atoms with E-state index in [1.54, 1.807) is 0 Å². The summed E-state index contributed by atoms with van der Waals surface area (Å²) in [4.78, 5) is 14.6. The second kappa shape index (κ2) is 9.41. The summed E-state index contributed by atoms with van der Waals surface area (Å²) in [5, 5.41) is 2.81. The first-order valence-electron chi connectivity index (χ1n) is 12.2. The Bertz CT molecular complexity index is 1820. The fraction of sp³-hybridized carbons (Fsp3) is 0. The molecule has 0 atom stereocenters. The predicted octanol–water partition coefficient (Wildman–Crippen LogP) is 7.90. The molecule has 5 aromatic carbocycles. The summed E-state index contributed by atoms with van der Waals surface area (Å²) in [6, 6.07) is 44.5. The topological polar surface area (TPSA) is 38.7 Å². The number of aromatic nitrogens is 3. The second-order valence-corrected chi connectivity index (χ2v) is 12.0. The van der Waals surface area contributed by atoms with Crippen molar-refractivity contribution in [3.63, 3.8) is 0 Å². The van der Waals surface area contributed by atoms with Gasteiger partial charge in [-0.3, -0.25) is 0 Å². The average Bonchev–Trinajstić information content (AvgIpc) is 3.36. The van der Waals surface area contributed by atoms with Gasteiger partial charge >= 0.3 is 214 Å². The number of hydrogen-bond donors (Lipinski definition) is 0. The molecule has 0 unspecified atom stereocenters. The second-order valence-electron chi connectivity index (χ2n) is 8.93. The molecular weight excluding hydrogens is 566 g/mol. The Hall–Kier alpha value is -4.10. The van der Waals surface area contributed by atoms with Crippen molar-refractivity contribution in [2.75, 3.05) is 0 Å². The molecule has 0 fully saturated rings. The van der Waals surface area contributed by atoms with Crippen LogP contribution in [-0.2, 0) is 0 Å². The maximum absolute atomic E-state index is 4.90. The zero-order valence-electron chi connectivity index (χ0n) is 19.9. The Labute approximate surface area is 224 Å². The zero-order chi connectivity index (χ0) is 24.6. The van der Waals surface area contributed by atoms with Crippen molar-refractivity contribution in [2.24, 2.45) is 0 Å². The van der Waals surface area contributed by atoms with Crippen molar-refractivity contribution in [3.05, 3.63) is 127 Å². The van der Waals surface area contributed by atoms with Crippen molar-refractivity contribution in [3.8, 4) is 45.3 Å². The summed E-state index contributed by atoms with van der Waals surface area (Å²) < 4.78 is 3.04. The molecule has 0 saturated heterocycles. The van der Waals surface area contributed by atoms with Crippen LogP contribution in [0.5, 0.6) is 0 Å². The minimum atomic E-state index is -0.359. The Kier molecular flexibility index (Phi) is 5.63. The monoisotopic (exact) mass is 589 g/mol. The molecule has 0 spiro atoms. The third-order valence-electron chi connectivity index (χ3n) is 6.53. The maximum atomic E-state index is 4.90. The van der Waals surface area contributed by atoms with E-state index in [4.69, 9.17) is 15.0 Å². The van der Waals surface area contributed by atoms with Gasteiger partial charge in [-0.1, -0.05) is 12.1 Å². The minimum absolute atomic E-state index is 0.359. The van der Waals surface area contributed by atoms with Crippen LogP contribution in [0.4, 0.5) is 0 Å². The van der Waals surface area contributed by atoms with Gasteiger partial charge in [-0.15, -0.1) is 0 Å². The molecule has 0 bridgehead atoms. The predicted molar refractivity (Wildman–Crippen MR) is 154 cm³/mol. The number of hydrogen-bond acceptors (Lipinski definition) is 3. The fourth-order valence-corrected chi connectivity index (χ4v) is 7.95. The van der Waals surface area contributed by atoms with Crippen LogP contribution in [0.3, 0.4) is 0 Å². The van der Waals surface area contributed by atoms with Gasteiger partial charge in [-0.25, -0.2) is 0 Å². The van der Waals surface area contributed by atoms with Crippen LogP contribution in [-0.4, -0.2) is 35.4 Å². The molecule has 0 aliphatic heterocycles. The fourth-order valence-electron chi connectivity index (χ4n) is 4.68. The Morgan fingerprint density at radius 1 is 0.351 bits per heavy atom. The molecule has 0 N–H and O–H groups in total. The van der Waals surface area contributed by atoms with E-state index in [1.165, 1.54) is 28.7 Å². The zero-order valence-corrected chi connectivity index (χ0v) is 22.2. The Morgan fingerprint density at radius 3 is 1.57 bits per heavy atom. The molecule has 2 aromatic heterocycles. The first-order chi connectivity index (χ1) is 18.3. The van der Waals surface area contributed by atoms with Gasteiger partial charge in [0.1, 0.15) is 0 Å². The molecule has 174 valence electrons. The third kappa shape index (κ3) is 4.25. The van der Waals surface area contributed by atoms with Crippen LogP contribution in [0, 0.1) is 0 Å². The molecule has 4 heteroatoms. The molecule has 37 heavy (non-hydrogen) atoms. The third-order valence-corrected chi connectivity index (χ3v) is 9.77. The van der Waals surface area contributed by atoms with Gasteiger partial charge < -0.3 is 0 Å². The van der Waals surface area contributed by atoms with Crippen molar-refractivity contribution >= 4 is 38.0 Å². The van der Waals surface area contributed by atoms with Crippen LogP contribution in [0.15, 0.2) is 127 Å². The van der Waals surface area contributed by atoms with E-state index < -0.39 is 0 Å². The van der Waals surface area contributed by atoms with E-state index in [1.807, 2.05) is 60.7 Å². The number of fused-ring (bicyclic) bond motifs is 3. The molecule has 3 nitrogen and oxygen atoms in total. The van der Waals surface area contributed by atoms with Crippen LogP contribution < -0.4 is 0 Å². The first kappa shape index (κ1) is 22.1. The normalized spacial score (nSPS) is 11.2. The van der Waals surface area contributed by atoms with Crippen molar-refractivity contribution < 1.29 is 0 Å². The van der Waals surface area contributed by atoms with E-state index in [9.17, 15) is 0 Å². The van der Waals surface area contributed by atoms with Gasteiger partial charge in [-0.2, -0.15) is 0 Å². The molecule has 0 aliphatic rings. The molecule has 0 aliphatic carbocycles. The van der Waals surface area contributed by atoms with Crippen molar-refractivity contribution in [2.45, 2.75) is 0 Å². The van der Waals surface area contributed by atoms with Crippen LogP contribution in [0.2, 0.25) is 0 Å².